The van der Waals surface area contributed by atoms with Crippen LogP contribution < -0.4 is 5.73 Å². The average Bonchev–Trinajstić information content (AvgIpc) is 2.26. The van der Waals surface area contributed by atoms with Crippen molar-refractivity contribution in [3.8, 4) is 6.07 Å². The van der Waals surface area contributed by atoms with Crippen molar-refractivity contribution in [2.75, 3.05) is 12.3 Å². The Hall–Kier alpha value is -1.25. The van der Waals surface area contributed by atoms with E-state index in [4.69, 9.17) is 11.0 Å². The van der Waals surface area contributed by atoms with E-state index in [1.807, 2.05) is 6.07 Å². The predicted molar refractivity (Wildman–Crippen MR) is 59.3 cm³/mol. The number of hydrogen-bond acceptors (Lipinski definition) is 4. The third-order valence-electron chi connectivity index (χ3n) is 1.84. The molecule has 1 rings (SSSR count). The fourth-order valence-corrected chi connectivity index (χ4v) is 2.31. The fourth-order valence-electron chi connectivity index (χ4n) is 1.13. The highest BCUT2D eigenvalue weighted by atomic mass is 32.2. The number of nitriles is 1. The van der Waals surface area contributed by atoms with E-state index in [0.29, 0.717) is 23.7 Å². The van der Waals surface area contributed by atoms with Crippen molar-refractivity contribution >= 4 is 10.8 Å². The summed E-state index contributed by atoms with van der Waals surface area (Å²) >= 11 is 0. The Bertz CT molecular complexity index is 386. The number of nitrogens with two attached hydrogens (primary N) is 1. The van der Waals surface area contributed by atoms with Gasteiger partial charge in [-0.2, -0.15) is 5.26 Å². The molecule has 0 aliphatic rings. The highest BCUT2D eigenvalue weighted by Crippen LogP contribution is 2.05. The molecular formula is C10H13N3OS. The van der Waals surface area contributed by atoms with E-state index in [-0.39, 0.29) is 0 Å². The molecule has 0 aromatic carbocycles. The Morgan fingerprint density at radius 1 is 1.60 bits per heavy atom. The molecule has 0 aliphatic carbocycles. The molecule has 1 aromatic heterocycles. The van der Waals surface area contributed by atoms with Gasteiger partial charge < -0.3 is 5.73 Å². The molecule has 0 amide bonds. The van der Waals surface area contributed by atoms with Gasteiger partial charge in [0.05, 0.1) is 0 Å². The van der Waals surface area contributed by atoms with Crippen molar-refractivity contribution in [3.63, 3.8) is 0 Å². The summed E-state index contributed by atoms with van der Waals surface area (Å²) in [5, 5.41) is 8.63. The lowest BCUT2D eigenvalue weighted by atomic mass is 10.2. The summed E-state index contributed by atoms with van der Waals surface area (Å²) in [5.74, 6) is 1.08. The molecule has 5 heteroatoms. The van der Waals surface area contributed by atoms with Crippen LogP contribution in [0, 0.1) is 11.3 Å². The number of hydrogen-bond donors (Lipinski definition) is 1. The molecule has 1 heterocycles. The molecule has 0 spiro atoms. The number of rotatable bonds is 5. The lowest BCUT2D eigenvalue weighted by Gasteiger charge is -2.01. The summed E-state index contributed by atoms with van der Waals surface area (Å²) in [5.41, 5.74) is 6.58. The van der Waals surface area contributed by atoms with Gasteiger partial charge in [-0.1, -0.05) is 0 Å². The molecule has 0 saturated heterocycles. The Morgan fingerprint density at radius 2 is 2.40 bits per heavy atom. The molecule has 0 aliphatic heterocycles. The van der Waals surface area contributed by atoms with Crippen molar-refractivity contribution in [3.05, 3.63) is 29.6 Å². The summed E-state index contributed by atoms with van der Waals surface area (Å²) in [6, 6.07) is 5.40. The van der Waals surface area contributed by atoms with Crippen LogP contribution in [0.1, 0.15) is 17.7 Å². The van der Waals surface area contributed by atoms with Crippen molar-refractivity contribution < 1.29 is 4.21 Å². The van der Waals surface area contributed by atoms with Gasteiger partial charge in [-0.25, -0.2) is 4.98 Å². The van der Waals surface area contributed by atoms with E-state index in [2.05, 4.69) is 4.98 Å². The third kappa shape index (κ3) is 4.19. The third-order valence-corrected chi connectivity index (χ3v) is 3.24. The second-order valence-electron chi connectivity index (χ2n) is 3.09. The van der Waals surface area contributed by atoms with E-state index in [9.17, 15) is 4.21 Å². The highest BCUT2D eigenvalue weighted by molar-refractivity contribution is 7.84. The molecule has 4 nitrogen and oxygen atoms in total. The topological polar surface area (TPSA) is 79.8 Å². The summed E-state index contributed by atoms with van der Waals surface area (Å²) in [6.45, 7) is 0.561. The smallest absolute Gasteiger partial charge is 0.140 e. The largest absolute Gasteiger partial charge is 0.330 e. The van der Waals surface area contributed by atoms with Crippen molar-refractivity contribution in [1.29, 1.82) is 5.26 Å². The molecule has 2 N–H and O–H groups in total. The normalized spacial score (nSPS) is 12.0. The van der Waals surface area contributed by atoms with Gasteiger partial charge in [-0.15, -0.1) is 0 Å². The van der Waals surface area contributed by atoms with Crippen LogP contribution in [-0.2, 0) is 16.6 Å². The minimum Gasteiger partial charge on any atom is -0.330 e. The van der Waals surface area contributed by atoms with E-state index in [1.54, 1.807) is 18.3 Å². The molecule has 0 bridgehead atoms. The lowest BCUT2D eigenvalue weighted by molar-refractivity contribution is 0.680. The van der Waals surface area contributed by atoms with Gasteiger partial charge in [0.1, 0.15) is 11.8 Å². The second kappa shape index (κ2) is 6.27. The number of aromatic nitrogens is 1. The van der Waals surface area contributed by atoms with Crippen LogP contribution in [0.2, 0.25) is 0 Å². The molecule has 1 atom stereocenters. The van der Waals surface area contributed by atoms with Gasteiger partial charge in [0, 0.05) is 28.5 Å². The zero-order valence-corrected chi connectivity index (χ0v) is 9.17. The average molecular weight is 223 g/mol. The minimum absolute atomic E-state index is 0.364. The zero-order valence-electron chi connectivity index (χ0n) is 8.35. The Balaban J connectivity index is 2.57. The van der Waals surface area contributed by atoms with Crippen molar-refractivity contribution in [2.45, 2.75) is 12.2 Å². The number of pyridine rings is 1. The van der Waals surface area contributed by atoms with Crippen LogP contribution in [0.5, 0.6) is 0 Å². The van der Waals surface area contributed by atoms with E-state index >= 15 is 0 Å². The SMILES string of the molecule is N#Cc1cc(CS(=O)CCCN)ccn1. The molecule has 1 aromatic rings. The second-order valence-corrected chi connectivity index (χ2v) is 4.67. The molecule has 15 heavy (non-hydrogen) atoms. The first-order chi connectivity index (χ1) is 7.26. The van der Waals surface area contributed by atoms with Crippen LogP contribution in [0.15, 0.2) is 18.3 Å². The maximum absolute atomic E-state index is 11.5. The first-order valence-corrected chi connectivity index (χ1v) is 6.15. The molecule has 0 fully saturated rings. The summed E-state index contributed by atoms with van der Waals surface area (Å²) in [6.07, 6.45) is 2.33. The Kier molecular flexibility index (Phi) is 4.95. The molecule has 1 unspecified atom stereocenters. The summed E-state index contributed by atoms with van der Waals surface area (Å²) in [4.78, 5) is 3.85. The quantitative estimate of drug-likeness (QED) is 0.790. The maximum atomic E-state index is 11.5. The van der Waals surface area contributed by atoms with Gasteiger partial charge >= 0.3 is 0 Å². The monoisotopic (exact) mass is 223 g/mol. The molecule has 0 saturated carbocycles. The summed E-state index contributed by atoms with van der Waals surface area (Å²) < 4.78 is 11.5. The van der Waals surface area contributed by atoms with Gasteiger partial charge in [0.15, 0.2) is 0 Å². The van der Waals surface area contributed by atoms with Crippen LogP contribution in [0.4, 0.5) is 0 Å². The molecular weight excluding hydrogens is 210 g/mol. The fraction of sp³-hybridized carbons (Fsp3) is 0.400. The van der Waals surface area contributed by atoms with Crippen LogP contribution in [0.25, 0.3) is 0 Å². The van der Waals surface area contributed by atoms with Crippen molar-refractivity contribution in [1.82, 2.24) is 4.98 Å². The van der Waals surface area contributed by atoms with E-state index in [1.165, 1.54) is 0 Å². The summed E-state index contributed by atoms with van der Waals surface area (Å²) in [7, 11) is -0.898. The predicted octanol–water partition coefficient (Wildman–Crippen LogP) is 0.551. The van der Waals surface area contributed by atoms with E-state index < -0.39 is 10.8 Å². The molecule has 0 radical (unpaired) electrons. The first kappa shape index (κ1) is 11.8. The zero-order chi connectivity index (χ0) is 11.1. The lowest BCUT2D eigenvalue weighted by Crippen LogP contribution is -2.07. The minimum atomic E-state index is -0.898. The van der Waals surface area contributed by atoms with Crippen LogP contribution in [-0.4, -0.2) is 21.5 Å². The van der Waals surface area contributed by atoms with Gasteiger partial charge in [-0.05, 0) is 30.7 Å². The van der Waals surface area contributed by atoms with Crippen LogP contribution >= 0.6 is 0 Å². The Morgan fingerprint density at radius 3 is 3.07 bits per heavy atom. The van der Waals surface area contributed by atoms with Gasteiger partial charge in [-0.3, -0.25) is 4.21 Å². The van der Waals surface area contributed by atoms with E-state index in [0.717, 1.165) is 12.0 Å². The van der Waals surface area contributed by atoms with Crippen LogP contribution in [0.3, 0.4) is 0 Å². The number of nitrogens with zero attached hydrogens (tertiary/aromatic N) is 2. The highest BCUT2D eigenvalue weighted by Gasteiger charge is 2.02. The molecule has 80 valence electrons. The van der Waals surface area contributed by atoms with Crippen molar-refractivity contribution in [2.24, 2.45) is 5.73 Å². The standard InChI is InChI=1S/C10H13N3OS/c11-3-1-5-15(14)8-9-2-4-13-10(6-9)7-12/h2,4,6H,1,3,5,8,11H2. The maximum Gasteiger partial charge on any atom is 0.140 e. The van der Waals surface area contributed by atoms with Gasteiger partial charge in [0.25, 0.3) is 0 Å². The Labute approximate surface area is 91.6 Å². The van der Waals surface area contributed by atoms with Gasteiger partial charge in [0.2, 0.25) is 0 Å². The first-order valence-electron chi connectivity index (χ1n) is 4.66.